The van der Waals surface area contributed by atoms with Crippen molar-refractivity contribution in [1.29, 1.82) is 0 Å². The molecule has 158 valence electrons. The molecule has 0 radical (unpaired) electrons. The summed E-state index contributed by atoms with van der Waals surface area (Å²) in [6.07, 6.45) is 3.92. The number of ether oxygens (including phenoxy) is 2. The second-order valence-electron chi connectivity index (χ2n) is 7.53. The highest BCUT2D eigenvalue weighted by Crippen LogP contribution is 2.31. The molecule has 10 heteroatoms. The van der Waals surface area contributed by atoms with Crippen LogP contribution in [0.5, 0.6) is 0 Å². The summed E-state index contributed by atoms with van der Waals surface area (Å²) in [6, 6.07) is 7.44. The van der Waals surface area contributed by atoms with Gasteiger partial charge in [0, 0.05) is 38.8 Å². The van der Waals surface area contributed by atoms with E-state index in [1.54, 1.807) is 10.8 Å². The van der Waals surface area contributed by atoms with E-state index in [9.17, 15) is 4.79 Å². The van der Waals surface area contributed by atoms with E-state index in [-0.39, 0.29) is 5.91 Å². The second kappa shape index (κ2) is 8.04. The summed E-state index contributed by atoms with van der Waals surface area (Å²) in [4.78, 5) is 14.6. The predicted molar refractivity (Wildman–Crippen MR) is 106 cm³/mol. The standard InChI is InChI=1S/C20H24N6O4/c27-19(25-9-7-20(8-10-25)29-12-13-30-20)6-5-18-23-22-17-4-3-16(24-26(17)18)21-14-15-2-1-11-28-15/h1-4,11H,5-10,12-14H2,(H,21,24). The SMILES string of the molecule is O=C(CCc1nnc2ccc(NCc3ccco3)nn12)N1CCC2(CC1)OCCO2. The fourth-order valence-corrected chi connectivity index (χ4v) is 3.93. The van der Waals surface area contributed by atoms with E-state index in [1.165, 1.54) is 0 Å². The number of carbonyl (C=O) groups excluding carboxylic acids is 1. The average molecular weight is 412 g/mol. The zero-order valence-corrected chi connectivity index (χ0v) is 16.6. The first-order valence-corrected chi connectivity index (χ1v) is 10.2. The second-order valence-corrected chi connectivity index (χ2v) is 7.53. The molecule has 2 aliphatic heterocycles. The molecule has 30 heavy (non-hydrogen) atoms. The molecular formula is C20H24N6O4. The van der Waals surface area contributed by atoms with E-state index in [2.05, 4.69) is 20.6 Å². The van der Waals surface area contributed by atoms with Crippen LogP contribution in [0.4, 0.5) is 5.82 Å². The first-order valence-electron chi connectivity index (χ1n) is 10.2. The molecule has 1 N–H and O–H groups in total. The lowest BCUT2D eigenvalue weighted by molar-refractivity contribution is -0.187. The number of nitrogens with zero attached hydrogens (tertiary/aromatic N) is 5. The molecule has 0 unspecified atom stereocenters. The summed E-state index contributed by atoms with van der Waals surface area (Å²) in [6.45, 7) is 3.11. The van der Waals surface area contributed by atoms with Gasteiger partial charge in [-0.2, -0.15) is 4.52 Å². The number of likely N-dealkylation sites (tertiary alicyclic amines) is 1. The van der Waals surface area contributed by atoms with Crippen molar-refractivity contribution in [3.8, 4) is 0 Å². The van der Waals surface area contributed by atoms with Crippen molar-refractivity contribution in [2.75, 3.05) is 31.6 Å². The van der Waals surface area contributed by atoms with Gasteiger partial charge in [0.1, 0.15) is 11.6 Å². The van der Waals surface area contributed by atoms with Crippen molar-refractivity contribution in [3.63, 3.8) is 0 Å². The number of fused-ring (bicyclic) bond motifs is 1. The molecule has 0 saturated carbocycles. The largest absolute Gasteiger partial charge is 0.467 e. The van der Waals surface area contributed by atoms with Gasteiger partial charge in [-0.15, -0.1) is 15.3 Å². The Hall–Kier alpha value is -2.98. The smallest absolute Gasteiger partial charge is 0.223 e. The van der Waals surface area contributed by atoms with E-state index in [0.29, 0.717) is 63.0 Å². The van der Waals surface area contributed by atoms with Crippen LogP contribution in [0, 0.1) is 0 Å². The molecule has 3 aromatic rings. The van der Waals surface area contributed by atoms with Crippen molar-refractivity contribution >= 4 is 17.4 Å². The van der Waals surface area contributed by atoms with Crippen molar-refractivity contribution in [2.45, 2.75) is 38.0 Å². The molecule has 10 nitrogen and oxygen atoms in total. The maximum Gasteiger partial charge on any atom is 0.223 e. The highest BCUT2D eigenvalue weighted by atomic mass is 16.7. The highest BCUT2D eigenvalue weighted by Gasteiger charge is 2.40. The number of anilines is 1. The van der Waals surface area contributed by atoms with Gasteiger partial charge in [0.2, 0.25) is 5.91 Å². The monoisotopic (exact) mass is 412 g/mol. The number of furan rings is 1. The van der Waals surface area contributed by atoms with Crippen LogP contribution in [0.15, 0.2) is 34.9 Å². The first-order chi connectivity index (χ1) is 14.7. The minimum atomic E-state index is -0.469. The van der Waals surface area contributed by atoms with Crippen LogP contribution in [0.2, 0.25) is 0 Å². The average Bonchev–Trinajstić information content (AvgIpc) is 3.53. The first kappa shape index (κ1) is 19.0. The molecule has 0 aromatic carbocycles. The maximum atomic E-state index is 12.7. The zero-order chi connectivity index (χ0) is 20.4. The molecule has 5 heterocycles. The van der Waals surface area contributed by atoms with Crippen molar-refractivity contribution in [1.82, 2.24) is 24.7 Å². The Morgan fingerprint density at radius 3 is 2.73 bits per heavy atom. The number of rotatable bonds is 6. The predicted octanol–water partition coefficient (Wildman–Crippen LogP) is 1.63. The number of nitrogens with one attached hydrogen (secondary N) is 1. The van der Waals surface area contributed by atoms with Gasteiger partial charge in [-0.1, -0.05) is 0 Å². The molecule has 2 aliphatic rings. The Kier molecular flexibility index (Phi) is 5.09. The van der Waals surface area contributed by atoms with Crippen LogP contribution in [0.25, 0.3) is 5.65 Å². The number of carbonyl (C=O) groups is 1. The van der Waals surface area contributed by atoms with E-state index in [4.69, 9.17) is 13.9 Å². The number of amides is 1. The molecule has 0 aliphatic carbocycles. The Labute approximate surface area is 173 Å². The number of piperidine rings is 1. The van der Waals surface area contributed by atoms with E-state index in [1.807, 2.05) is 29.2 Å². The Morgan fingerprint density at radius 2 is 1.97 bits per heavy atom. The summed E-state index contributed by atoms with van der Waals surface area (Å²) in [7, 11) is 0. The summed E-state index contributed by atoms with van der Waals surface area (Å²) >= 11 is 0. The Morgan fingerprint density at radius 1 is 1.13 bits per heavy atom. The van der Waals surface area contributed by atoms with Gasteiger partial charge in [0.05, 0.1) is 26.0 Å². The van der Waals surface area contributed by atoms with Crippen LogP contribution in [-0.2, 0) is 27.2 Å². The lowest BCUT2D eigenvalue weighted by Gasteiger charge is -2.37. The van der Waals surface area contributed by atoms with Crippen LogP contribution in [0.3, 0.4) is 0 Å². The zero-order valence-electron chi connectivity index (χ0n) is 16.6. The van der Waals surface area contributed by atoms with Crippen LogP contribution < -0.4 is 5.32 Å². The quantitative estimate of drug-likeness (QED) is 0.651. The Balaban J connectivity index is 1.19. The molecule has 1 amide bonds. The summed E-state index contributed by atoms with van der Waals surface area (Å²) in [5.74, 6) is 1.80. The molecule has 3 aromatic heterocycles. The number of hydrogen-bond acceptors (Lipinski definition) is 8. The summed E-state index contributed by atoms with van der Waals surface area (Å²) in [5.41, 5.74) is 0.649. The van der Waals surface area contributed by atoms with E-state index in [0.717, 1.165) is 18.6 Å². The van der Waals surface area contributed by atoms with Crippen molar-refractivity contribution in [2.24, 2.45) is 0 Å². The van der Waals surface area contributed by atoms with Gasteiger partial charge in [-0.25, -0.2) is 0 Å². The topological polar surface area (TPSA) is 107 Å². The van der Waals surface area contributed by atoms with Gasteiger partial charge in [-0.05, 0) is 24.3 Å². The molecule has 0 atom stereocenters. The van der Waals surface area contributed by atoms with Crippen molar-refractivity contribution < 1.29 is 18.7 Å². The van der Waals surface area contributed by atoms with Gasteiger partial charge >= 0.3 is 0 Å². The number of aromatic nitrogens is 4. The number of hydrogen-bond donors (Lipinski definition) is 1. The maximum absolute atomic E-state index is 12.7. The molecule has 1 spiro atoms. The van der Waals surface area contributed by atoms with Crippen LogP contribution in [-0.4, -0.2) is 62.7 Å². The molecule has 2 saturated heterocycles. The fraction of sp³-hybridized carbons (Fsp3) is 0.500. The molecule has 2 fully saturated rings. The highest BCUT2D eigenvalue weighted by molar-refractivity contribution is 5.76. The minimum absolute atomic E-state index is 0.103. The molecule has 5 rings (SSSR count). The van der Waals surface area contributed by atoms with Crippen molar-refractivity contribution in [3.05, 3.63) is 42.1 Å². The lowest BCUT2D eigenvalue weighted by atomic mass is 10.0. The minimum Gasteiger partial charge on any atom is -0.467 e. The number of aryl methyl sites for hydroxylation is 1. The Bertz CT molecular complexity index is 1000. The van der Waals surface area contributed by atoms with Gasteiger partial charge in [-0.3, -0.25) is 4.79 Å². The molecular weight excluding hydrogens is 388 g/mol. The normalized spacial score (nSPS) is 18.3. The van der Waals surface area contributed by atoms with Gasteiger partial charge in [0.25, 0.3) is 0 Å². The van der Waals surface area contributed by atoms with Gasteiger partial charge in [0.15, 0.2) is 17.3 Å². The third kappa shape index (κ3) is 3.88. The molecule has 0 bridgehead atoms. The van der Waals surface area contributed by atoms with Crippen LogP contribution in [0.1, 0.15) is 30.8 Å². The van der Waals surface area contributed by atoms with E-state index >= 15 is 0 Å². The summed E-state index contributed by atoms with van der Waals surface area (Å²) in [5, 5.41) is 16.1. The van der Waals surface area contributed by atoms with Gasteiger partial charge < -0.3 is 24.1 Å². The van der Waals surface area contributed by atoms with Crippen LogP contribution >= 0.6 is 0 Å². The summed E-state index contributed by atoms with van der Waals surface area (Å²) < 4.78 is 18.5. The van der Waals surface area contributed by atoms with E-state index < -0.39 is 5.79 Å². The third-order valence-electron chi connectivity index (χ3n) is 5.61. The lowest BCUT2D eigenvalue weighted by Crippen LogP contribution is -2.47. The fourth-order valence-electron chi connectivity index (χ4n) is 3.93. The third-order valence-corrected chi connectivity index (χ3v) is 5.61.